The molecule has 0 amide bonds. The Labute approximate surface area is 163 Å². The maximum Gasteiger partial charge on any atom is 0.190 e. The molecule has 2 N–H and O–H groups in total. The number of nitrogens with zero attached hydrogens (tertiary/aromatic N) is 3. The number of H-pyrrole nitrogens is 1. The second-order valence-electron chi connectivity index (χ2n) is 6.06. The number of imidazole rings is 1. The fourth-order valence-corrected chi connectivity index (χ4v) is 2.69. The summed E-state index contributed by atoms with van der Waals surface area (Å²) in [6.07, 6.45) is 5.55. The van der Waals surface area contributed by atoms with E-state index >= 15 is 0 Å². The number of rotatable bonds is 5. The molecule has 0 aliphatic heterocycles. The molecule has 0 radical (unpaired) electrons. The number of nitrogens with one attached hydrogen (secondary N) is 2. The lowest BCUT2D eigenvalue weighted by Crippen LogP contribution is -2.20. The van der Waals surface area contributed by atoms with Crippen LogP contribution in [0.3, 0.4) is 0 Å². The molecule has 3 aromatic carbocycles. The summed E-state index contributed by atoms with van der Waals surface area (Å²) in [6, 6.07) is 27.7. The Bertz CT molecular complexity index is 1090. The van der Waals surface area contributed by atoms with E-state index in [1.165, 1.54) is 0 Å². The Balaban J connectivity index is 1.57. The third-order valence-electron chi connectivity index (χ3n) is 4.03. The van der Waals surface area contributed by atoms with E-state index in [9.17, 15) is 0 Å². The van der Waals surface area contributed by atoms with E-state index in [-0.39, 0.29) is 0 Å². The fraction of sp³-hybridized carbons (Fsp3) is 0. The van der Waals surface area contributed by atoms with Gasteiger partial charge in [-0.15, -0.1) is 0 Å². The van der Waals surface area contributed by atoms with Crippen LogP contribution >= 0.6 is 0 Å². The van der Waals surface area contributed by atoms with Crippen molar-refractivity contribution in [2.24, 2.45) is 10.1 Å². The lowest BCUT2D eigenvalue weighted by Gasteiger charge is -2.02. The minimum Gasteiger partial charge on any atom is -0.335 e. The molecule has 5 nitrogen and oxygen atoms in total. The molecule has 0 atom stereocenters. The number of benzene rings is 3. The van der Waals surface area contributed by atoms with Crippen LogP contribution in [0.1, 0.15) is 11.4 Å². The molecule has 5 heteroatoms. The van der Waals surface area contributed by atoms with Gasteiger partial charge >= 0.3 is 0 Å². The minimum absolute atomic E-state index is 0.548. The van der Waals surface area contributed by atoms with Gasteiger partial charge in [0, 0.05) is 6.21 Å². The Morgan fingerprint density at radius 1 is 0.857 bits per heavy atom. The van der Waals surface area contributed by atoms with Gasteiger partial charge in [-0.2, -0.15) is 5.10 Å². The molecule has 28 heavy (non-hydrogen) atoms. The highest BCUT2D eigenvalue weighted by Crippen LogP contribution is 2.14. The molecule has 0 saturated carbocycles. The van der Waals surface area contributed by atoms with Crippen molar-refractivity contribution in [2.45, 2.75) is 0 Å². The van der Waals surface area contributed by atoms with Crippen molar-refractivity contribution >= 4 is 34.8 Å². The second kappa shape index (κ2) is 8.60. The molecule has 136 valence electrons. The van der Waals surface area contributed by atoms with Crippen molar-refractivity contribution in [3.63, 3.8) is 0 Å². The normalized spacial score (nSPS) is 12.2. The summed E-state index contributed by atoms with van der Waals surface area (Å²) in [4.78, 5) is 12.6. The van der Waals surface area contributed by atoms with Gasteiger partial charge in [-0.1, -0.05) is 66.7 Å². The molecule has 0 unspecified atom stereocenters. The zero-order valence-electron chi connectivity index (χ0n) is 15.2. The molecule has 4 aromatic rings. The molecule has 0 saturated heterocycles. The second-order valence-corrected chi connectivity index (χ2v) is 6.06. The average molecular weight is 365 g/mol. The minimum atomic E-state index is 0.548. The number of aromatic nitrogens is 2. The Kier molecular flexibility index (Phi) is 5.35. The maximum atomic E-state index is 4.65. The van der Waals surface area contributed by atoms with Crippen molar-refractivity contribution in [2.75, 3.05) is 0 Å². The first kappa shape index (κ1) is 17.4. The smallest absolute Gasteiger partial charge is 0.190 e. The van der Waals surface area contributed by atoms with E-state index in [1.54, 1.807) is 6.21 Å². The van der Waals surface area contributed by atoms with E-state index in [2.05, 4.69) is 25.5 Å². The first-order valence-electron chi connectivity index (χ1n) is 8.98. The lowest BCUT2D eigenvalue weighted by atomic mass is 10.2. The Morgan fingerprint density at radius 3 is 2.36 bits per heavy atom. The van der Waals surface area contributed by atoms with E-state index in [0.717, 1.165) is 22.3 Å². The van der Waals surface area contributed by atoms with Crippen LogP contribution in [0, 0.1) is 0 Å². The fourth-order valence-electron chi connectivity index (χ4n) is 2.69. The highest BCUT2D eigenvalue weighted by Gasteiger charge is 2.09. The van der Waals surface area contributed by atoms with Crippen molar-refractivity contribution < 1.29 is 0 Å². The van der Waals surface area contributed by atoms with E-state index in [0.29, 0.717) is 11.7 Å². The van der Waals surface area contributed by atoms with Crippen LogP contribution in [0.4, 0.5) is 5.69 Å². The summed E-state index contributed by atoms with van der Waals surface area (Å²) in [5, 5.41) is 4.28. The maximum absolute atomic E-state index is 4.65. The number of amidine groups is 1. The average Bonchev–Trinajstić information content (AvgIpc) is 3.18. The van der Waals surface area contributed by atoms with Crippen molar-refractivity contribution in [3.05, 3.63) is 102 Å². The number of aliphatic imine (C=N–C) groups is 1. The molecule has 0 fully saturated rings. The van der Waals surface area contributed by atoms with Crippen molar-refractivity contribution in [1.82, 2.24) is 15.4 Å². The van der Waals surface area contributed by atoms with Crippen LogP contribution in [-0.4, -0.2) is 22.0 Å². The van der Waals surface area contributed by atoms with Gasteiger partial charge in [0.05, 0.1) is 16.7 Å². The molecular weight excluding hydrogens is 346 g/mol. The van der Waals surface area contributed by atoms with Gasteiger partial charge in [-0.05, 0) is 35.9 Å². The summed E-state index contributed by atoms with van der Waals surface area (Å²) < 4.78 is 0. The van der Waals surface area contributed by atoms with Gasteiger partial charge in [0.15, 0.2) is 11.7 Å². The first-order chi connectivity index (χ1) is 13.9. The van der Waals surface area contributed by atoms with Crippen LogP contribution < -0.4 is 5.43 Å². The van der Waals surface area contributed by atoms with Gasteiger partial charge in [-0.25, -0.2) is 9.98 Å². The summed E-state index contributed by atoms with van der Waals surface area (Å²) in [6.45, 7) is 0. The number of allylic oxidation sites excluding steroid dienone is 1. The third-order valence-corrected chi connectivity index (χ3v) is 4.03. The quantitative estimate of drug-likeness (QED) is 0.299. The van der Waals surface area contributed by atoms with E-state index in [4.69, 9.17) is 0 Å². The largest absolute Gasteiger partial charge is 0.335 e. The molecule has 0 aliphatic carbocycles. The molecule has 4 rings (SSSR count). The van der Waals surface area contributed by atoms with Gasteiger partial charge in [0.2, 0.25) is 0 Å². The third kappa shape index (κ3) is 4.40. The predicted octanol–water partition coefficient (Wildman–Crippen LogP) is 4.93. The molecule has 1 heterocycles. The van der Waals surface area contributed by atoms with Crippen molar-refractivity contribution in [3.8, 4) is 0 Å². The summed E-state index contributed by atoms with van der Waals surface area (Å²) in [5.41, 5.74) is 6.78. The molecule has 0 aliphatic rings. The van der Waals surface area contributed by atoms with Gasteiger partial charge in [0.25, 0.3) is 0 Å². The zero-order valence-corrected chi connectivity index (χ0v) is 15.2. The number of aromatic amines is 1. The number of para-hydroxylation sites is 3. The molecule has 0 bridgehead atoms. The van der Waals surface area contributed by atoms with Gasteiger partial charge in [-0.3, -0.25) is 5.43 Å². The topological polar surface area (TPSA) is 65.4 Å². The van der Waals surface area contributed by atoms with Crippen LogP contribution in [0.5, 0.6) is 0 Å². The predicted molar refractivity (Wildman–Crippen MR) is 116 cm³/mol. The van der Waals surface area contributed by atoms with Crippen LogP contribution in [0.15, 0.2) is 101 Å². The summed E-state index contributed by atoms with van der Waals surface area (Å²) in [7, 11) is 0. The monoisotopic (exact) mass is 365 g/mol. The van der Waals surface area contributed by atoms with Gasteiger partial charge in [0.1, 0.15) is 0 Å². The number of fused-ring (bicyclic) bond motifs is 1. The number of hydrazone groups is 1. The standard InChI is InChI=1S/C23H19N5/c1-3-10-18(11-4-1)12-9-17-24-28-23(25-19-13-5-2-6-14-19)22-26-20-15-7-8-16-21(20)27-22/h1-17H,(H,25,28)(H,26,27)/b12-9+,24-17+. The number of hydrogen-bond donors (Lipinski definition) is 2. The first-order valence-corrected chi connectivity index (χ1v) is 8.98. The molecule has 0 spiro atoms. The summed E-state index contributed by atoms with van der Waals surface area (Å²) >= 11 is 0. The molecule has 1 aromatic heterocycles. The summed E-state index contributed by atoms with van der Waals surface area (Å²) in [5.74, 6) is 1.18. The lowest BCUT2D eigenvalue weighted by molar-refractivity contribution is 1.01. The zero-order chi connectivity index (χ0) is 19.0. The highest BCUT2D eigenvalue weighted by molar-refractivity contribution is 6.00. The van der Waals surface area contributed by atoms with Crippen LogP contribution in [0.25, 0.3) is 17.1 Å². The SMILES string of the molecule is C(=C\c1ccccc1)/C=N/NC(=Nc1ccccc1)c1nc2ccccc2[nH]1. The van der Waals surface area contributed by atoms with Crippen molar-refractivity contribution in [1.29, 1.82) is 0 Å². The Morgan fingerprint density at radius 2 is 1.57 bits per heavy atom. The van der Waals surface area contributed by atoms with Crippen LogP contribution in [0.2, 0.25) is 0 Å². The number of hydrogen-bond acceptors (Lipinski definition) is 3. The Hall–Kier alpha value is -3.99. The van der Waals surface area contributed by atoms with Crippen LogP contribution in [-0.2, 0) is 0 Å². The highest BCUT2D eigenvalue weighted by atomic mass is 15.3. The van der Waals surface area contributed by atoms with E-state index in [1.807, 2.05) is 97.1 Å². The molecular formula is C23H19N5. The van der Waals surface area contributed by atoms with Gasteiger partial charge < -0.3 is 4.98 Å². The van der Waals surface area contributed by atoms with E-state index < -0.39 is 0 Å².